The van der Waals surface area contributed by atoms with Crippen molar-refractivity contribution in [3.05, 3.63) is 77.2 Å². The number of para-hydroxylation sites is 1. The lowest BCUT2D eigenvalue weighted by Crippen LogP contribution is -2.06. The number of esters is 1. The van der Waals surface area contributed by atoms with Crippen molar-refractivity contribution in [1.82, 2.24) is 0 Å². The second kappa shape index (κ2) is 6.49. The molecule has 0 aliphatic heterocycles. The highest BCUT2D eigenvalue weighted by Crippen LogP contribution is 2.24. The zero-order valence-electron chi connectivity index (χ0n) is 11.4. The van der Waals surface area contributed by atoms with Gasteiger partial charge in [0.2, 0.25) is 5.76 Å². The van der Waals surface area contributed by atoms with Crippen molar-refractivity contribution in [3.63, 3.8) is 0 Å². The number of furan rings is 1. The van der Waals surface area contributed by atoms with Gasteiger partial charge in [0.05, 0.1) is 0 Å². The van der Waals surface area contributed by atoms with Crippen LogP contribution in [0.25, 0.3) is 0 Å². The Balaban J connectivity index is 1.65. The maximum absolute atomic E-state index is 11.8. The first-order chi connectivity index (χ1) is 10.7. The summed E-state index contributed by atoms with van der Waals surface area (Å²) in [7, 11) is 0. The second-order valence-corrected chi connectivity index (χ2v) is 5.16. The van der Waals surface area contributed by atoms with Crippen LogP contribution in [-0.2, 0) is 0 Å². The van der Waals surface area contributed by atoms with E-state index < -0.39 is 5.97 Å². The maximum Gasteiger partial charge on any atom is 0.379 e. The Labute approximate surface area is 135 Å². The van der Waals surface area contributed by atoms with Gasteiger partial charge in [-0.3, -0.25) is 0 Å². The Kier molecular flexibility index (Phi) is 4.25. The lowest BCUT2D eigenvalue weighted by atomic mass is 10.3. The minimum absolute atomic E-state index is 0.136. The molecule has 0 unspecified atom stereocenters. The largest absolute Gasteiger partial charge is 0.457 e. The van der Waals surface area contributed by atoms with Crippen LogP contribution >= 0.6 is 15.9 Å². The predicted molar refractivity (Wildman–Crippen MR) is 84.3 cm³/mol. The van der Waals surface area contributed by atoms with Gasteiger partial charge in [0.15, 0.2) is 4.67 Å². The molecule has 110 valence electrons. The van der Waals surface area contributed by atoms with E-state index in [1.165, 1.54) is 0 Å². The summed E-state index contributed by atoms with van der Waals surface area (Å²) in [6.45, 7) is 0. The van der Waals surface area contributed by atoms with Crippen LogP contribution in [0.3, 0.4) is 0 Å². The fourth-order valence-corrected chi connectivity index (χ4v) is 2.09. The Morgan fingerprint density at radius 2 is 1.45 bits per heavy atom. The zero-order chi connectivity index (χ0) is 15.4. The van der Waals surface area contributed by atoms with E-state index in [2.05, 4.69) is 15.9 Å². The van der Waals surface area contributed by atoms with Gasteiger partial charge in [0, 0.05) is 0 Å². The van der Waals surface area contributed by atoms with Crippen LogP contribution in [0.15, 0.2) is 75.8 Å². The van der Waals surface area contributed by atoms with Crippen LogP contribution in [0, 0.1) is 0 Å². The molecule has 0 amide bonds. The minimum Gasteiger partial charge on any atom is -0.457 e. The van der Waals surface area contributed by atoms with E-state index in [1.54, 1.807) is 36.4 Å². The number of ether oxygens (including phenoxy) is 2. The monoisotopic (exact) mass is 358 g/mol. The van der Waals surface area contributed by atoms with Crippen molar-refractivity contribution in [2.24, 2.45) is 0 Å². The normalized spacial score (nSPS) is 10.2. The van der Waals surface area contributed by atoms with Crippen LogP contribution < -0.4 is 9.47 Å². The fraction of sp³-hybridized carbons (Fsp3) is 0. The van der Waals surface area contributed by atoms with E-state index in [0.717, 1.165) is 5.75 Å². The molecule has 0 saturated carbocycles. The molecule has 0 fully saturated rings. The highest BCUT2D eigenvalue weighted by molar-refractivity contribution is 9.10. The topological polar surface area (TPSA) is 48.7 Å². The fourth-order valence-electron chi connectivity index (χ4n) is 1.78. The third-order valence-electron chi connectivity index (χ3n) is 2.79. The Morgan fingerprint density at radius 3 is 2.09 bits per heavy atom. The molecule has 2 aromatic carbocycles. The summed E-state index contributed by atoms with van der Waals surface area (Å²) in [5.74, 6) is 1.40. The number of benzene rings is 2. The number of hydrogen-bond acceptors (Lipinski definition) is 4. The molecule has 0 aliphatic rings. The number of hydrogen-bond donors (Lipinski definition) is 0. The molecule has 3 rings (SSSR count). The summed E-state index contributed by atoms with van der Waals surface area (Å²) < 4.78 is 16.5. The van der Waals surface area contributed by atoms with Crippen molar-refractivity contribution < 1.29 is 18.7 Å². The lowest BCUT2D eigenvalue weighted by Gasteiger charge is -2.06. The smallest absolute Gasteiger partial charge is 0.379 e. The minimum atomic E-state index is -0.553. The molecule has 0 N–H and O–H groups in total. The molecule has 0 spiro atoms. The molecular weight excluding hydrogens is 348 g/mol. The van der Waals surface area contributed by atoms with E-state index in [1.807, 2.05) is 30.3 Å². The Hall–Kier alpha value is -2.53. The second-order valence-electron chi connectivity index (χ2n) is 4.38. The lowest BCUT2D eigenvalue weighted by molar-refractivity contribution is 0.0700. The van der Waals surface area contributed by atoms with E-state index in [-0.39, 0.29) is 5.76 Å². The quantitative estimate of drug-likeness (QED) is 0.483. The highest BCUT2D eigenvalue weighted by Gasteiger charge is 2.13. The SMILES string of the molecule is O=C(Oc1ccc(Oc2ccccc2)cc1)c1ccc(Br)o1. The summed E-state index contributed by atoms with van der Waals surface area (Å²) in [6.07, 6.45) is 0. The third-order valence-corrected chi connectivity index (χ3v) is 3.21. The van der Waals surface area contributed by atoms with Crippen molar-refractivity contribution in [2.75, 3.05) is 0 Å². The summed E-state index contributed by atoms with van der Waals surface area (Å²) >= 11 is 3.14. The van der Waals surface area contributed by atoms with Gasteiger partial charge >= 0.3 is 5.97 Å². The molecule has 0 radical (unpaired) electrons. The average Bonchev–Trinajstić information content (AvgIpc) is 2.97. The van der Waals surface area contributed by atoms with Crippen LogP contribution in [0.5, 0.6) is 17.2 Å². The van der Waals surface area contributed by atoms with E-state index in [4.69, 9.17) is 13.9 Å². The zero-order valence-corrected chi connectivity index (χ0v) is 12.9. The number of rotatable bonds is 4. The third kappa shape index (κ3) is 3.56. The molecule has 0 saturated heterocycles. The molecular formula is C17H11BrO4. The van der Waals surface area contributed by atoms with Gasteiger partial charge in [-0.1, -0.05) is 18.2 Å². The van der Waals surface area contributed by atoms with E-state index >= 15 is 0 Å². The molecule has 1 aromatic heterocycles. The van der Waals surface area contributed by atoms with Crippen LogP contribution in [0.4, 0.5) is 0 Å². The van der Waals surface area contributed by atoms with Gasteiger partial charge in [-0.2, -0.15) is 0 Å². The van der Waals surface area contributed by atoms with Crippen LogP contribution in [0.1, 0.15) is 10.6 Å². The Morgan fingerprint density at radius 1 is 0.818 bits per heavy atom. The number of carbonyl (C=O) groups is 1. The average molecular weight is 359 g/mol. The maximum atomic E-state index is 11.8. The van der Waals surface area contributed by atoms with Crippen molar-refractivity contribution in [3.8, 4) is 17.2 Å². The Bertz CT molecular complexity index is 763. The van der Waals surface area contributed by atoms with Crippen molar-refractivity contribution >= 4 is 21.9 Å². The molecule has 0 aliphatic carbocycles. The molecule has 0 atom stereocenters. The molecule has 4 nitrogen and oxygen atoms in total. The molecule has 1 heterocycles. The predicted octanol–water partition coefficient (Wildman–Crippen LogP) is 5.05. The van der Waals surface area contributed by atoms with Crippen LogP contribution in [-0.4, -0.2) is 5.97 Å². The molecule has 3 aromatic rings. The molecule has 22 heavy (non-hydrogen) atoms. The van der Waals surface area contributed by atoms with Gasteiger partial charge in [0.1, 0.15) is 17.2 Å². The summed E-state index contributed by atoms with van der Waals surface area (Å²) in [5, 5.41) is 0. The summed E-state index contributed by atoms with van der Waals surface area (Å²) in [6, 6.07) is 19.4. The standard InChI is InChI=1S/C17H11BrO4/c18-16-11-10-15(22-16)17(19)21-14-8-6-13(7-9-14)20-12-4-2-1-3-5-12/h1-11H. The van der Waals surface area contributed by atoms with Gasteiger partial charge in [-0.25, -0.2) is 4.79 Å². The highest BCUT2D eigenvalue weighted by atomic mass is 79.9. The first-order valence-corrected chi connectivity index (χ1v) is 7.30. The summed E-state index contributed by atoms with van der Waals surface area (Å²) in [4.78, 5) is 11.8. The number of halogens is 1. The first-order valence-electron chi connectivity index (χ1n) is 6.51. The van der Waals surface area contributed by atoms with Gasteiger partial charge in [-0.15, -0.1) is 0 Å². The van der Waals surface area contributed by atoms with E-state index in [9.17, 15) is 4.79 Å². The summed E-state index contributed by atoms with van der Waals surface area (Å²) in [5.41, 5.74) is 0. The first kappa shape index (κ1) is 14.4. The molecule has 0 bridgehead atoms. The van der Waals surface area contributed by atoms with E-state index in [0.29, 0.717) is 16.2 Å². The number of carbonyl (C=O) groups excluding carboxylic acids is 1. The van der Waals surface area contributed by atoms with Crippen molar-refractivity contribution in [2.45, 2.75) is 0 Å². The van der Waals surface area contributed by atoms with Gasteiger partial charge < -0.3 is 13.9 Å². The van der Waals surface area contributed by atoms with Crippen molar-refractivity contribution in [1.29, 1.82) is 0 Å². The molecule has 5 heteroatoms. The van der Waals surface area contributed by atoms with Gasteiger partial charge in [-0.05, 0) is 64.5 Å². The van der Waals surface area contributed by atoms with Gasteiger partial charge in [0.25, 0.3) is 0 Å². The van der Waals surface area contributed by atoms with Crippen LogP contribution in [0.2, 0.25) is 0 Å².